The SMILES string of the molecule is COCCn1c(N)nc2c1c(=O)[nH]c(=O)n2C. The summed E-state index contributed by atoms with van der Waals surface area (Å²) in [4.78, 5) is 29.3. The third kappa shape index (κ3) is 1.72. The van der Waals surface area contributed by atoms with Crippen molar-refractivity contribution in [3.05, 3.63) is 20.8 Å². The summed E-state index contributed by atoms with van der Waals surface area (Å²) in [6.45, 7) is 0.804. The summed E-state index contributed by atoms with van der Waals surface area (Å²) >= 11 is 0. The average Bonchev–Trinajstić information content (AvgIpc) is 2.61. The van der Waals surface area contributed by atoms with E-state index in [0.29, 0.717) is 13.2 Å². The molecule has 2 aromatic rings. The lowest BCUT2D eigenvalue weighted by Gasteiger charge is -2.04. The molecule has 92 valence electrons. The van der Waals surface area contributed by atoms with Gasteiger partial charge in [0.2, 0.25) is 5.95 Å². The number of hydrogen-bond donors (Lipinski definition) is 2. The number of nitrogens with zero attached hydrogens (tertiary/aromatic N) is 3. The first-order valence-corrected chi connectivity index (χ1v) is 5.00. The van der Waals surface area contributed by atoms with Gasteiger partial charge in [0.15, 0.2) is 11.2 Å². The molecule has 17 heavy (non-hydrogen) atoms. The standard InChI is InChI=1S/C9H13N5O3/c1-13-6-5(7(15)12-9(13)16)14(3-4-17-2)8(10)11-6/h3-4H2,1-2H3,(H2,10,11)(H,12,15,16). The van der Waals surface area contributed by atoms with Crippen molar-refractivity contribution < 1.29 is 4.74 Å². The van der Waals surface area contributed by atoms with Crippen LogP contribution in [0.4, 0.5) is 5.95 Å². The molecule has 0 amide bonds. The molecule has 0 aliphatic rings. The largest absolute Gasteiger partial charge is 0.383 e. The maximum Gasteiger partial charge on any atom is 0.329 e. The first-order chi connectivity index (χ1) is 8.06. The lowest BCUT2D eigenvalue weighted by Crippen LogP contribution is -2.29. The Bertz CT molecular complexity index is 666. The average molecular weight is 239 g/mol. The molecule has 0 saturated heterocycles. The minimum absolute atomic E-state index is 0.184. The van der Waals surface area contributed by atoms with Crippen molar-refractivity contribution in [3.8, 4) is 0 Å². The van der Waals surface area contributed by atoms with Gasteiger partial charge in [-0.2, -0.15) is 4.98 Å². The van der Waals surface area contributed by atoms with Gasteiger partial charge in [0.05, 0.1) is 6.61 Å². The Hall–Kier alpha value is -2.09. The monoisotopic (exact) mass is 239 g/mol. The quantitative estimate of drug-likeness (QED) is 0.688. The van der Waals surface area contributed by atoms with E-state index >= 15 is 0 Å². The number of nitrogens with two attached hydrogens (primary N) is 1. The van der Waals surface area contributed by atoms with Crippen LogP contribution in [0.2, 0.25) is 0 Å². The van der Waals surface area contributed by atoms with Gasteiger partial charge in [-0.05, 0) is 0 Å². The maximum absolute atomic E-state index is 11.7. The van der Waals surface area contributed by atoms with E-state index in [2.05, 4.69) is 9.97 Å². The second kappa shape index (κ2) is 4.06. The summed E-state index contributed by atoms with van der Waals surface area (Å²) < 4.78 is 7.70. The van der Waals surface area contributed by atoms with Crippen molar-refractivity contribution in [3.63, 3.8) is 0 Å². The molecule has 0 bridgehead atoms. The van der Waals surface area contributed by atoms with Gasteiger partial charge in [-0.1, -0.05) is 0 Å². The Morgan fingerprint density at radius 2 is 2.18 bits per heavy atom. The van der Waals surface area contributed by atoms with E-state index in [4.69, 9.17) is 10.5 Å². The van der Waals surface area contributed by atoms with E-state index in [1.807, 2.05) is 0 Å². The molecule has 8 heteroatoms. The third-order valence-electron chi connectivity index (χ3n) is 2.56. The maximum atomic E-state index is 11.7. The van der Waals surface area contributed by atoms with Crippen LogP contribution in [0.5, 0.6) is 0 Å². The van der Waals surface area contributed by atoms with Crippen LogP contribution in [0.3, 0.4) is 0 Å². The molecule has 0 aromatic carbocycles. The molecule has 0 radical (unpaired) electrons. The number of fused-ring (bicyclic) bond motifs is 1. The molecule has 0 spiro atoms. The fourth-order valence-corrected chi connectivity index (χ4v) is 1.66. The first-order valence-electron chi connectivity index (χ1n) is 5.00. The fraction of sp³-hybridized carbons (Fsp3) is 0.444. The third-order valence-corrected chi connectivity index (χ3v) is 2.56. The van der Waals surface area contributed by atoms with Crippen molar-refractivity contribution in [1.29, 1.82) is 0 Å². The Balaban J connectivity index is 2.78. The molecule has 2 rings (SSSR count). The Morgan fingerprint density at radius 3 is 2.82 bits per heavy atom. The number of ether oxygens (including phenoxy) is 1. The van der Waals surface area contributed by atoms with Gasteiger partial charge in [0.25, 0.3) is 5.56 Å². The molecular formula is C9H13N5O3. The number of hydrogen-bond acceptors (Lipinski definition) is 5. The first kappa shape index (κ1) is 11.4. The van der Waals surface area contributed by atoms with Crippen molar-refractivity contribution in [2.24, 2.45) is 7.05 Å². The summed E-state index contributed by atoms with van der Waals surface area (Å²) in [7, 11) is 3.07. The predicted molar refractivity (Wildman–Crippen MR) is 61.9 cm³/mol. The minimum atomic E-state index is -0.515. The number of anilines is 1. The van der Waals surface area contributed by atoms with E-state index in [1.165, 1.54) is 16.2 Å². The number of methoxy groups -OCH3 is 1. The second-order valence-corrected chi connectivity index (χ2v) is 3.60. The van der Waals surface area contributed by atoms with Gasteiger partial charge in [0, 0.05) is 20.7 Å². The van der Waals surface area contributed by atoms with Crippen LogP contribution in [0, 0.1) is 0 Å². The molecule has 0 aliphatic carbocycles. The van der Waals surface area contributed by atoms with Gasteiger partial charge >= 0.3 is 5.69 Å². The smallest absolute Gasteiger partial charge is 0.329 e. The van der Waals surface area contributed by atoms with E-state index in [1.54, 1.807) is 7.11 Å². The molecule has 0 fully saturated rings. The van der Waals surface area contributed by atoms with Crippen molar-refractivity contribution >= 4 is 17.1 Å². The fourth-order valence-electron chi connectivity index (χ4n) is 1.66. The van der Waals surface area contributed by atoms with Crippen LogP contribution in [0.25, 0.3) is 11.2 Å². The zero-order chi connectivity index (χ0) is 12.6. The molecule has 2 heterocycles. The van der Waals surface area contributed by atoms with E-state index in [-0.39, 0.29) is 17.1 Å². The van der Waals surface area contributed by atoms with Crippen LogP contribution in [-0.2, 0) is 18.3 Å². The summed E-state index contributed by atoms with van der Waals surface area (Å²) in [6.07, 6.45) is 0. The number of aromatic amines is 1. The second-order valence-electron chi connectivity index (χ2n) is 3.60. The van der Waals surface area contributed by atoms with Crippen molar-refractivity contribution in [2.45, 2.75) is 6.54 Å². The van der Waals surface area contributed by atoms with Crippen molar-refractivity contribution in [2.75, 3.05) is 19.5 Å². The summed E-state index contributed by atoms with van der Waals surface area (Å²) in [6, 6.07) is 0. The highest BCUT2D eigenvalue weighted by Crippen LogP contribution is 2.11. The molecule has 3 N–H and O–H groups in total. The zero-order valence-corrected chi connectivity index (χ0v) is 9.56. The molecule has 0 atom stereocenters. The lowest BCUT2D eigenvalue weighted by atomic mass is 10.5. The molecular weight excluding hydrogens is 226 g/mol. The summed E-state index contributed by atoms with van der Waals surface area (Å²) in [5.74, 6) is 0.184. The van der Waals surface area contributed by atoms with Gasteiger partial charge in [-0.15, -0.1) is 0 Å². The lowest BCUT2D eigenvalue weighted by molar-refractivity contribution is 0.189. The molecule has 2 aromatic heterocycles. The van der Waals surface area contributed by atoms with Gasteiger partial charge in [-0.25, -0.2) is 4.79 Å². The number of aryl methyl sites for hydroxylation is 1. The van der Waals surface area contributed by atoms with Gasteiger partial charge in [-0.3, -0.25) is 14.3 Å². The topological polar surface area (TPSA) is 108 Å². The van der Waals surface area contributed by atoms with Crippen LogP contribution in [0.15, 0.2) is 9.59 Å². The number of rotatable bonds is 3. The highest BCUT2D eigenvalue weighted by Gasteiger charge is 2.14. The molecule has 0 unspecified atom stereocenters. The van der Waals surface area contributed by atoms with E-state index in [9.17, 15) is 9.59 Å². The van der Waals surface area contributed by atoms with Crippen LogP contribution in [-0.4, -0.2) is 32.8 Å². The van der Waals surface area contributed by atoms with E-state index in [0.717, 1.165) is 0 Å². The van der Waals surface area contributed by atoms with Crippen molar-refractivity contribution in [1.82, 2.24) is 19.1 Å². The highest BCUT2D eigenvalue weighted by molar-refractivity contribution is 5.73. The Kier molecular flexibility index (Phi) is 2.72. The summed E-state index contributed by atoms with van der Waals surface area (Å²) in [5.41, 5.74) is 5.25. The molecule has 0 aliphatic heterocycles. The number of aromatic nitrogens is 4. The van der Waals surface area contributed by atoms with Crippen LogP contribution >= 0.6 is 0 Å². The van der Waals surface area contributed by atoms with E-state index < -0.39 is 11.2 Å². The minimum Gasteiger partial charge on any atom is -0.383 e. The molecule has 8 nitrogen and oxygen atoms in total. The molecule has 0 saturated carbocycles. The Morgan fingerprint density at radius 1 is 1.47 bits per heavy atom. The Labute approximate surface area is 95.6 Å². The predicted octanol–water partition coefficient (Wildman–Crippen LogP) is -1.35. The number of nitrogens with one attached hydrogen (secondary N) is 1. The van der Waals surface area contributed by atoms with Crippen LogP contribution in [0.1, 0.15) is 0 Å². The number of imidazole rings is 1. The van der Waals surface area contributed by atoms with Gasteiger partial charge < -0.3 is 15.0 Å². The summed E-state index contributed by atoms with van der Waals surface area (Å²) in [5, 5.41) is 0. The normalized spacial score (nSPS) is 11.2. The number of H-pyrrole nitrogens is 1. The zero-order valence-electron chi connectivity index (χ0n) is 9.56. The van der Waals surface area contributed by atoms with Gasteiger partial charge in [0.1, 0.15) is 0 Å². The van der Waals surface area contributed by atoms with Crippen LogP contribution < -0.4 is 17.0 Å². The number of nitrogen functional groups attached to an aromatic ring is 1. The highest BCUT2D eigenvalue weighted by atomic mass is 16.5.